The Bertz CT molecular complexity index is 383. The van der Waals surface area contributed by atoms with Crippen molar-refractivity contribution in [3.63, 3.8) is 0 Å². The predicted octanol–water partition coefficient (Wildman–Crippen LogP) is 2.10. The van der Waals surface area contributed by atoms with Crippen molar-refractivity contribution in [2.45, 2.75) is 18.3 Å². The van der Waals surface area contributed by atoms with Crippen LogP contribution in [0.25, 0.3) is 0 Å². The lowest BCUT2D eigenvalue weighted by Gasteiger charge is -2.26. The van der Waals surface area contributed by atoms with Crippen LogP contribution in [0.1, 0.15) is 29.4 Å². The average Bonchev–Trinajstić information content (AvgIpc) is 2.48. The Balaban J connectivity index is 2.01. The Morgan fingerprint density at radius 3 is 3.08 bits per heavy atom. The molecule has 3 aliphatic rings. The lowest BCUT2D eigenvalue weighted by atomic mass is 9.78. The monoisotopic (exact) mass is 157 g/mol. The van der Waals surface area contributed by atoms with E-state index in [0.717, 1.165) is 29.4 Å². The van der Waals surface area contributed by atoms with Gasteiger partial charge in [0.05, 0.1) is 0 Å². The molecule has 60 valence electrons. The maximum absolute atomic E-state index is 5.77. The molecule has 0 saturated heterocycles. The Morgan fingerprint density at radius 2 is 2.17 bits per heavy atom. The highest BCUT2D eigenvalue weighted by Crippen LogP contribution is 2.78. The summed E-state index contributed by atoms with van der Waals surface area (Å²) in [5.74, 6) is 3.97. The highest BCUT2D eigenvalue weighted by Gasteiger charge is 2.68. The van der Waals surface area contributed by atoms with E-state index < -0.39 is 0 Å². The molecule has 12 heavy (non-hydrogen) atoms. The highest BCUT2D eigenvalue weighted by atomic mass is 14.7. The van der Waals surface area contributed by atoms with Crippen molar-refractivity contribution in [1.82, 2.24) is 0 Å². The third-order valence-electron chi connectivity index (χ3n) is 4.09. The van der Waals surface area contributed by atoms with Crippen molar-refractivity contribution in [3.05, 3.63) is 29.3 Å². The van der Waals surface area contributed by atoms with E-state index in [1.165, 1.54) is 6.42 Å². The second-order valence-corrected chi connectivity index (χ2v) is 4.50. The minimum absolute atomic E-state index is 0.901. The minimum atomic E-state index is 0.901. The smallest absolute Gasteiger partial charge is 0.0317 e. The van der Waals surface area contributed by atoms with Crippen molar-refractivity contribution in [2.75, 3.05) is 5.73 Å². The van der Waals surface area contributed by atoms with E-state index in [2.05, 4.69) is 18.2 Å². The first kappa shape index (κ1) is 5.63. The molecule has 1 aromatic carbocycles. The lowest BCUT2D eigenvalue weighted by molar-refractivity contribution is 0.388. The normalized spacial score (nSPS) is 44.7. The number of rotatable bonds is 0. The van der Waals surface area contributed by atoms with Gasteiger partial charge < -0.3 is 5.73 Å². The number of hydrogen-bond acceptors (Lipinski definition) is 1. The van der Waals surface area contributed by atoms with Gasteiger partial charge in [-0.1, -0.05) is 6.07 Å². The Kier molecular flexibility index (Phi) is 0.663. The first-order valence-corrected chi connectivity index (χ1v) is 4.75. The Hall–Kier alpha value is -0.980. The van der Waals surface area contributed by atoms with Gasteiger partial charge in [0, 0.05) is 5.69 Å². The van der Waals surface area contributed by atoms with Crippen LogP contribution in [-0.2, 0) is 0 Å². The molecule has 1 aromatic rings. The van der Waals surface area contributed by atoms with Crippen molar-refractivity contribution in [3.8, 4) is 0 Å². The standard InChI is InChI=1S/C11H11N/c12-5-1-2-6-7(3-5)8-4-9-10(6)11(8)9/h1-3,8-11H,4,12H2/t8-,9-,10-,11+/m1/s1. The SMILES string of the molecule is Nc1ccc2c(c1)[C@H]1C[C@@H]3[C@@H]2[C@H]31. The topological polar surface area (TPSA) is 26.0 Å². The third-order valence-corrected chi connectivity index (χ3v) is 4.09. The summed E-state index contributed by atoms with van der Waals surface area (Å²) in [4.78, 5) is 0. The molecule has 0 unspecified atom stereocenters. The molecule has 0 amide bonds. The van der Waals surface area contributed by atoms with Crippen LogP contribution in [0.2, 0.25) is 0 Å². The summed E-state index contributed by atoms with van der Waals surface area (Å²) in [6.07, 6.45) is 1.45. The Morgan fingerprint density at radius 1 is 1.25 bits per heavy atom. The first-order valence-electron chi connectivity index (χ1n) is 4.75. The van der Waals surface area contributed by atoms with Crippen molar-refractivity contribution in [1.29, 1.82) is 0 Å². The summed E-state index contributed by atoms with van der Waals surface area (Å²) >= 11 is 0. The molecule has 2 fully saturated rings. The van der Waals surface area contributed by atoms with Gasteiger partial charge in [0.15, 0.2) is 0 Å². The van der Waals surface area contributed by atoms with Gasteiger partial charge in [-0.05, 0) is 53.4 Å². The van der Waals surface area contributed by atoms with Crippen LogP contribution < -0.4 is 5.73 Å². The molecule has 3 aliphatic carbocycles. The fourth-order valence-corrected chi connectivity index (χ4v) is 3.50. The zero-order valence-electron chi connectivity index (χ0n) is 6.83. The molecule has 4 rings (SSSR count). The number of benzene rings is 1. The fourth-order valence-electron chi connectivity index (χ4n) is 3.50. The van der Waals surface area contributed by atoms with E-state index in [4.69, 9.17) is 5.73 Å². The maximum atomic E-state index is 5.77. The number of hydrogen-bond donors (Lipinski definition) is 1. The van der Waals surface area contributed by atoms with Crippen molar-refractivity contribution >= 4 is 5.69 Å². The van der Waals surface area contributed by atoms with Gasteiger partial charge in [-0.2, -0.15) is 0 Å². The van der Waals surface area contributed by atoms with E-state index in [0.29, 0.717) is 0 Å². The predicted molar refractivity (Wildman–Crippen MR) is 47.9 cm³/mol. The molecule has 2 saturated carbocycles. The molecule has 0 radical (unpaired) electrons. The molecule has 0 heterocycles. The van der Waals surface area contributed by atoms with Crippen molar-refractivity contribution in [2.24, 2.45) is 11.8 Å². The van der Waals surface area contributed by atoms with E-state index in [-0.39, 0.29) is 0 Å². The van der Waals surface area contributed by atoms with Crippen LogP contribution in [0, 0.1) is 11.8 Å². The third kappa shape index (κ3) is 0.401. The molecule has 1 heteroatoms. The highest BCUT2D eigenvalue weighted by molar-refractivity contribution is 5.57. The van der Waals surface area contributed by atoms with Gasteiger partial charge in [-0.3, -0.25) is 0 Å². The van der Waals surface area contributed by atoms with Gasteiger partial charge in [0.25, 0.3) is 0 Å². The van der Waals surface area contributed by atoms with Gasteiger partial charge in [-0.15, -0.1) is 0 Å². The van der Waals surface area contributed by atoms with Crippen LogP contribution >= 0.6 is 0 Å². The molecule has 0 spiro atoms. The van der Waals surface area contributed by atoms with Crippen LogP contribution in [0.3, 0.4) is 0 Å². The van der Waals surface area contributed by atoms with Gasteiger partial charge in [0.2, 0.25) is 0 Å². The second-order valence-electron chi connectivity index (χ2n) is 4.50. The summed E-state index contributed by atoms with van der Waals surface area (Å²) < 4.78 is 0. The van der Waals surface area contributed by atoms with Crippen LogP contribution in [-0.4, -0.2) is 0 Å². The molecular formula is C11H11N. The molecule has 0 aliphatic heterocycles. The summed E-state index contributed by atoms with van der Waals surface area (Å²) in [6.45, 7) is 0. The van der Waals surface area contributed by atoms with Crippen LogP contribution in [0.4, 0.5) is 5.69 Å². The quantitative estimate of drug-likeness (QED) is 0.573. The van der Waals surface area contributed by atoms with Gasteiger partial charge >= 0.3 is 0 Å². The zero-order valence-corrected chi connectivity index (χ0v) is 6.83. The summed E-state index contributed by atoms with van der Waals surface area (Å²) in [5.41, 5.74) is 9.91. The maximum Gasteiger partial charge on any atom is 0.0317 e. The number of nitrogens with two attached hydrogens (primary N) is 1. The second kappa shape index (κ2) is 1.41. The van der Waals surface area contributed by atoms with E-state index >= 15 is 0 Å². The number of nitrogen functional groups attached to an aromatic ring is 1. The van der Waals surface area contributed by atoms with Gasteiger partial charge in [0.1, 0.15) is 0 Å². The molecule has 0 aromatic heterocycles. The summed E-state index contributed by atoms with van der Waals surface area (Å²) in [6, 6.07) is 6.50. The Labute approximate surface area is 71.6 Å². The summed E-state index contributed by atoms with van der Waals surface area (Å²) in [7, 11) is 0. The number of fused-ring (bicyclic) bond motifs is 4. The minimum Gasteiger partial charge on any atom is -0.399 e. The largest absolute Gasteiger partial charge is 0.399 e. The zero-order chi connectivity index (χ0) is 7.87. The van der Waals surface area contributed by atoms with Crippen molar-refractivity contribution < 1.29 is 0 Å². The summed E-state index contributed by atoms with van der Waals surface area (Å²) in [5, 5.41) is 0. The van der Waals surface area contributed by atoms with E-state index in [9.17, 15) is 0 Å². The molecule has 0 bridgehead atoms. The number of anilines is 1. The van der Waals surface area contributed by atoms with E-state index in [1.807, 2.05) is 0 Å². The van der Waals surface area contributed by atoms with Crippen LogP contribution in [0.15, 0.2) is 18.2 Å². The van der Waals surface area contributed by atoms with Crippen LogP contribution in [0.5, 0.6) is 0 Å². The lowest BCUT2D eigenvalue weighted by Crippen LogP contribution is -2.14. The van der Waals surface area contributed by atoms with Gasteiger partial charge in [-0.25, -0.2) is 0 Å². The first-order chi connectivity index (χ1) is 5.86. The average molecular weight is 157 g/mol. The molecule has 1 nitrogen and oxygen atoms in total. The van der Waals surface area contributed by atoms with E-state index in [1.54, 1.807) is 11.1 Å². The fraction of sp³-hybridized carbons (Fsp3) is 0.455. The molecular weight excluding hydrogens is 146 g/mol. The molecule has 2 N–H and O–H groups in total. The molecule has 4 atom stereocenters.